The third kappa shape index (κ3) is 8.77. The Kier molecular flexibility index (Phi) is 12.9. The monoisotopic (exact) mass is 625 g/mol. The highest BCUT2D eigenvalue weighted by Crippen LogP contribution is 2.68. The zero-order valence-electron chi connectivity index (χ0n) is 28.3. The lowest BCUT2D eigenvalue weighted by Crippen LogP contribution is -2.52. The molecule has 0 amide bonds. The maximum atomic E-state index is 11.4. The number of nitrogens with one attached hydrogen (secondary N) is 2. The van der Waals surface area contributed by atoms with Gasteiger partial charge in [0.25, 0.3) is 0 Å². The maximum Gasteiger partial charge on any atom is 0.397 e. The van der Waals surface area contributed by atoms with Crippen molar-refractivity contribution in [2.45, 2.75) is 143 Å². The van der Waals surface area contributed by atoms with Gasteiger partial charge in [-0.1, -0.05) is 34.6 Å². The molecule has 0 heterocycles. The van der Waals surface area contributed by atoms with Crippen molar-refractivity contribution in [3.8, 4) is 0 Å². The number of rotatable bonds is 16. The second-order valence-corrected chi connectivity index (χ2v) is 17.2. The highest BCUT2D eigenvalue weighted by atomic mass is 32.3. The van der Waals surface area contributed by atoms with Gasteiger partial charge in [0.2, 0.25) is 0 Å². The Hall–Kier alpha value is -0.250. The van der Waals surface area contributed by atoms with E-state index < -0.39 is 16.5 Å². The highest BCUT2D eigenvalue weighted by molar-refractivity contribution is 7.80. The lowest BCUT2D eigenvalue weighted by molar-refractivity contribution is -0.103. The third-order valence-electron chi connectivity index (χ3n) is 13.4. The lowest BCUT2D eigenvalue weighted by atomic mass is 9.46. The van der Waals surface area contributed by atoms with Crippen molar-refractivity contribution in [3.63, 3.8) is 0 Å². The van der Waals surface area contributed by atoms with Gasteiger partial charge in [-0.3, -0.25) is 4.55 Å². The van der Waals surface area contributed by atoms with Crippen LogP contribution in [0.1, 0.15) is 131 Å². The van der Waals surface area contributed by atoms with E-state index in [0.717, 1.165) is 62.7 Å². The Labute approximate surface area is 265 Å². The SMILES string of the molecule is CC(C)C(CC[C@@H](C)C1CCC2C3CCC4CCC(NCCCNCCCCN)CCC4(C)C3CCC21C)OS(=O)(=O)O. The summed E-state index contributed by atoms with van der Waals surface area (Å²) in [7, 11) is -4.42. The smallest absolute Gasteiger partial charge is 0.330 e. The summed E-state index contributed by atoms with van der Waals surface area (Å²) in [6.07, 6.45) is 18.4. The van der Waals surface area contributed by atoms with Crippen molar-refractivity contribution in [1.29, 1.82) is 0 Å². The van der Waals surface area contributed by atoms with Crippen molar-refractivity contribution in [2.24, 2.45) is 58.0 Å². The first kappa shape index (κ1) is 35.6. The van der Waals surface area contributed by atoms with Crippen LogP contribution < -0.4 is 16.4 Å². The number of hydrogen-bond donors (Lipinski definition) is 4. The maximum absolute atomic E-state index is 11.4. The first-order valence-electron chi connectivity index (χ1n) is 18.2. The summed E-state index contributed by atoms with van der Waals surface area (Å²) >= 11 is 0. The van der Waals surface area contributed by atoms with Gasteiger partial charge >= 0.3 is 10.4 Å². The molecule has 43 heavy (non-hydrogen) atoms. The quantitative estimate of drug-likeness (QED) is 0.108. The van der Waals surface area contributed by atoms with Crippen molar-refractivity contribution in [3.05, 3.63) is 0 Å². The molecule has 0 saturated heterocycles. The first-order valence-corrected chi connectivity index (χ1v) is 19.6. The van der Waals surface area contributed by atoms with Crippen LogP contribution in [-0.4, -0.2) is 51.3 Å². The predicted octanol–water partition coefficient (Wildman–Crippen LogP) is 6.97. The van der Waals surface area contributed by atoms with Crippen LogP contribution in [0, 0.1) is 52.3 Å². The summed E-state index contributed by atoms with van der Waals surface area (Å²) in [6.45, 7) is 15.8. The van der Waals surface area contributed by atoms with E-state index in [9.17, 15) is 13.0 Å². The fourth-order valence-corrected chi connectivity index (χ4v) is 11.6. The highest BCUT2D eigenvalue weighted by Gasteiger charge is 2.60. The summed E-state index contributed by atoms with van der Waals surface area (Å²) < 4.78 is 37.2. The number of fused-ring (bicyclic) bond motifs is 5. The topological polar surface area (TPSA) is 114 Å². The molecule has 9 unspecified atom stereocenters. The van der Waals surface area contributed by atoms with Crippen LogP contribution in [0.5, 0.6) is 0 Å². The Morgan fingerprint density at radius 2 is 1.53 bits per heavy atom. The molecule has 4 aliphatic rings. The van der Waals surface area contributed by atoms with Gasteiger partial charge < -0.3 is 16.4 Å². The minimum absolute atomic E-state index is 0.0513. The fraction of sp³-hybridized carbons (Fsp3) is 1.00. The molecule has 0 aromatic carbocycles. The normalized spacial score (nSPS) is 37.8. The average Bonchev–Trinajstić information content (AvgIpc) is 3.21. The Morgan fingerprint density at radius 3 is 2.26 bits per heavy atom. The molecular formula is C35H67N3O4S. The lowest BCUT2D eigenvalue weighted by Gasteiger charge is -2.59. The van der Waals surface area contributed by atoms with Gasteiger partial charge in [0.15, 0.2) is 0 Å². The van der Waals surface area contributed by atoms with E-state index in [0.29, 0.717) is 35.1 Å². The largest absolute Gasteiger partial charge is 0.397 e. The molecule has 4 rings (SSSR count). The summed E-state index contributed by atoms with van der Waals surface area (Å²) in [5, 5.41) is 7.52. The van der Waals surface area contributed by atoms with E-state index >= 15 is 0 Å². The average molecular weight is 626 g/mol. The van der Waals surface area contributed by atoms with Gasteiger partial charge in [-0.15, -0.1) is 0 Å². The molecule has 0 aromatic heterocycles. The van der Waals surface area contributed by atoms with Gasteiger partial charge in [0.1, 0.15) is 0 Å². The van der Waals surface area contributed by atoms with E-state index in [2.05, 4.69) is 31.4 Å². The van der Waals surface area contributed by atoms with E-state index in [1.165, 1.54) is 77.0 Å². The zero-order chi connectivity index (χ0) is 31.3. The van der Waals surface area contributed by atoms with Crippen LogP contribution in [0.2, 0.25) is 0 Å². The molecule has 8 heteroatoms. The predicted molar refractivity (Wildman–Crippen MR) is 177 cm³/mol. The molecule has 0 radical (unpaired) electrons. The summed E-state index contributed by atoms with van der Waals surface area (Å²) in [5.41, 5.74) is 6.49. The van der Waals surface area contributed by atoms with E-state index in [-0.39, 0.29) is 5.92 Å². The Morgan fingerprint density at radius 1 is 0.837 bits per heavy atom. The number of unbranched alkanes of at least 4 members (excludes halogenated alkanes) is 1. The second kappa shape index (κ2) is 15.6. The minimum atomic E-state index is -4.42. The molecule has 5 N–H and O–H groups in total. The van der Waals surface area contributed by atoms with Crippen molar-refractivity contribution < 1.29 is 17.2 Å². The minimum Gasteiger partial charge on any atom is -0.330 e. The van der Waals surface area contributed by atoms with Crippen molar-refractivity contribution >= 4 is 10.4 Å². The zero-order valence-corrected chi connectivity index (χ0v) is 29.1. The van der Waals surface area contributed by atoms with Crippen LogP contribution in [0.3, 0.4) is 0 Å². The molecule has 0 aromatic rings. The Bertz CT molecular complexity index is 963. The standard InChI is InChI=1S/C35H67N3O4S/c1-25(2)33(42-43(39,40)41)16-9-26(3)30-14-15-31-29-13-11-27-10-12-28(38-24-8-23-37-22-7-6-21-36)17-19-34(27,4)32(29)18-20-35(30,31)5/h25-33,37-38H,6-24,36H2,1-5H3,(H,39,40,41)/t26-,27?,28?,29?,30?,31?,32?,33?,34?,35?/m1/s1. The molecule has 0 spiro atoms. The molecular weight excluding hydrogens is 558 g/mol. The van der Waals surface area contributed by atoms with Crippen LogP contribution in [0.25, 0.3) is 0 Å². The number of nitrogens with two attached hydrogens (primary N) is 1. The molecule has 252 valence electrons. The Balaban J connectivity index is 1.30. The molecule has 4 aliphatic carbocycles. The first-order chi connectivity index (χ1) is 20.4. The van der Waals surface area contributed by atoms with Gasteiger partial charge in [-0.2, -0.15) is 8.42 Å². The van der Waals surface area contributed by atoms with Gasteiger partial charge in [-0.05, 0) is 175 Å². The fourth-order valence-electron chi connectivity index (χ4n) is 10.9. The summed E-state index contributed by atoms with van der Waals surface area (Å²) in [4.78, 5) is 0. The number of hydrogen-bond acceptors (Lipinski definition) is 6. The van der Waals surface area contributed by atoms with Crippen molar-refractivity contribution in [2.75, 3.05) is 26.2 Å². The van der Waals surface area contributed by atoms with Crippen LogP contribution >= 0.6 is 0 Å². The molecule has 7 nitrogen and oxygen atoms in total. The summed E-state index contributed by atoms with van der Waals surface area (Å²) in [6, 6.07) is 0.683. The van der Waals surface area contributed by atoms with Crippen molar-refractivity contribution in [1.82, 2.24) is 10.6 Å². The van der Waals surface area contributed by atoms with E-state index in [1.807, 2.05) is 13.8 Å². The molecule has 4 fully saturated rings. The van der Waals surface area contributed by atoms with Crippen LogP contribution in [-0.2, 0) is 14.6 Å². The molecule has 4 saturated carbocycles. The van der Waals surface area contributed by atoms with Gasteiger partial charge in [-0.25, -0.2) is 4.18 Å². The summed E-state index contributed by atoms with van der Waals surface area (Å²) in [5.74, 6) is 4.76. The third-order valence-corrected chi connectivity index (χ3v) is 13.9. The van der Waals surface area contributed by atoms with Gasteiger partial charge in [0, 0.05) is 6.04 Å². The van der Waals surface area contributed by atoms with Gasteiger partial charge in [0.05, 0.1) is 6.10 Å². The molecule has 0 aliphatic heterocycles. The molecule has 0 bridgehead atoms. The van der Waals surface area contributed by atoms with Crippen LogP contribution in [0.4, 0.5) is 0 Å². The second-order valence-electron chi connectivity index (χ2n) is 16.1. The molecule has 10 atom stereocenters. The van der Waals surface area contributed by atoms with E-state index in [4.69, 9.17) is 9.92 Å². The van der Waals surface area contributed by atoms with Crippen LogP contribution in [0.15, 0.2) is 0 Å². The van der Waals surface area contributed by atoms with E-state index in [1.54, 1.807) is 0 Å².